The fraction of sp³-hybridized carbons (Fsp3) is 0.769. The fourth-order valence-corrected chi connectivity index (χ4v) is 6.77. The van der Waals surface area contributed by atoms with Gasteiger partial charge < -0.3 is 14.5 Å². The van der Waals surface area contributed by atoms with Crippen LogP contribution in [-0.4, -0.2) is 15.0 Å². The minimum absolute atomic E-state index is 0.117. The molecule has 4 rings (SSSR count). The molecule has 0 bridgehead atoms. The molecule has 0 fully saturated rings. The van der Waals surface area contributed by atoms with E-state index in [1.54, 1.807) is 0 Å². The van der Waals surface area contributed by atoms with E-state index in [1.807, 2.05) is 0 Å². The minimum Gasteiger partial charge on any atom is -0.340 e. The van der Waals surface area contributed by atoms with Crippen molar-refractivity contribution in [3.8, 4) is 18.0 Å². The standard InChI is InChI=1S/C39H66N6O3/c1-4-10-16-22-28-34(29-23-17-11-5-1)43-46-37-40-38(47-44-35-30-24-18-12-6-2-7-13-19-25-31-35)42-39(41-37)48-45-36-32-26-20-14-8-3-9-15-21-27-33-36/h28,30,32,43-45H,1-27,29,31,33H2. The molecule has 1 heterocycles. The van der Waals surface area contributed by atoms with E-state index < -0.39 is 0 Å². The molecule has 48 heavy (non-hydrogen) atoms. The molecule has 1 aromatic heterocycles. The van der Waals surface area contributed by atoms with E-state index in [2.05, 4.69) is 49.6 Å². The topological polar surface area (TPSA) is 102 Å². The van der Waals surface area contributed by atoms with Crippen LogP contribution in [0.3, 0.4) is 0 Å². The first-order valence-electron chi connectivity index (χ1n) is 20.0. The number of nitrogens with zero attached hydrogens (tertiary/aromatic N) is 3. The van der Waals surface area contributed by atoms with Gasteiger partial charge in [-0.05, 0) is 77.0 Å². The van der Waals surface area contributed by atoms with Gasteiger partial charge >= 0.3 is 18.0 Å². The molecule has 0 aliphatic heterocycles. The number of allylic oxidation sites excluding steroid dienone is 6. The first-order valence-corrected chi connectivity index (χ1v) is 20.0. The Bertz CT molecular complexity index is 946. The molecule has 9 nitrogen and oxygen atoms in total. The molecule has 1 aromatic rings. The fourth-order valence-electron chi connectivity index (χ4n) is 6.77. The molecule has 0 atom stereocenters. The molecular weight excluding hydrogens is 600 g/mol. The Morgan fingerprint density at radius 3 is 0.812 bits per heavy atom. The maximum atomic E-state index is 5.99. The van der Waals surface area contributed by atoms with Crippen LogP contribution in [0.2, 0.25) is 0 Å². The summed E-state index contributed by atoms with van der Waals surface area (Å²) >= 11 is 0. The van der Waals surface area contributed by atoms with Crippen molar-refractivity contribution in [2.24, 2.45) is 0 Å². The average Bonchev–Trinajstić information content (AvgIpc) is 3.07. The van der Waals surface area contributed by atoms with Gasteiger partial charge in [0.05, 0.1) is 0 Å². The number of nitrogens with one attached hydrogen (secondary N) is 3. The van der Waals surface area contributed by atoms with Gasteiger partial charge in [0, 0.05) is 17.1 Å². The summed E-state index contributed by atoms with van der Waals surface area (Å²) in [6.45, 7) is 0. The highest BCUT2D eigenvalue weighted by Crippen LogP contribution is 2.21. The maximum absolute atomic E-state index is 5.99. The highest BCUT2D eigenvalue weighted by atomic mass is 16.7. The SMILES string of the molecule is C1=C(NOc2nc(ONC3=CCCCCCCCCCC3)nc(ONC3=CCCCCCCCCCC3)n2)CCCCCCCCCC1. The third-order valence-corrected chi connectivity index (χ3v) is 9.77. The second-order valence-corrected chi connectivity index (χ2v) is 14.1. The number of hydrogen-bond donors (Lipinski definition) is 3. The van der Waals surface area contributed by atoms with E-state index in [-0.39, 0.29) is 18.0 Å². The summed E-state index contributed by atoms with van der Waals surface area (Å²) in [5.74, 6) is 0. The van der Waals surface area contributed by atoms with Gasteiger partial charge in [-0.25, -0.2) is 16.4 Å². The Balaban J connectivity index is 1.43. The van der Waals surface area contributed by atoms with E-state index in [4.69, 9.17) is 14.5 Å². The smallest absolute Gasteiger partial charge is 0.340 e. The van der Waals surface area contributed by atoms with Crippen LogP contribution >= 0.6 is 0 Å². The number of rotatable bonds is 9. The lowest BCUT2D eigenvalue weighted by Crippen LogP contribution is -2.24. The lowest BCUT2D eigenvalue weighted by Gasteiger charge is -2.15. The van der Waals surface area contributed by atoms with E-state index >= 15 is 0 Å². The highest BCUT2D eigenvalue weighted by Gasteiger charge is 2.14. The molecule has 3 N–H and O–H groups in total. The summed E-state index contributed by atoms with van der Waals surface area (Å²) in [5, 5.41) is 0. The predicted molar refractivity (Wildman–Crippen MR) is 194 cm³/mol. The summed E-state index contributed by atoms with van der Waals surface area (Å²) in [6.07, 6.45) is 43.4. The number of aromatic nitrogens is 3. The largest absolute Gasteiger partial charge is 0.352 e. The van der Waals surface area contributed by atoms with Gasteiger partial charge in [-0.15, -0.1) is 15.0 Å². The van der Waals surface area contributed by atoms with Crippen LogP contribution in [0.15, 0.2) is 35.3 Å². The molecule has 0 aromatic carbocycles. The molecular formula is C39H66N6O3. The van der Waals surface area contributed by atoms with Gasteiger partial charge in [-0.2, -0.15) is 0 Å². The lowest BCUT2D eigenvalue weighted by atomic mass is 10.0. The second kappa shape index (κ2) is 25.1. The van der Waals surface area contributed by atoms with Crippen LogP contribution in [0.5, 0.6) is 18.0 Å². The summed E-state index contributed by atoms with van der Waals surface area (Å²) in [5.41, 5.74) is 12.7. The monoisotopic (exact) mass is 667 g/mol. The minimum atomic E-state index is 0.117. The third-order valence-electron chi connectivity index (χ3n) is 9.77. The lowest BCUT2D eigenvalue weighted by molar-refractivity contribution is 0.155. The van der Waals surface area contributed by atoms with Crippen molar-refractivity contribution in [2.45, 2.75) is 193 Å². The molecule has 0 spiro atoms. The van der Waals surface area contributed by atoms with Crippen molar-refractivity contribution in [3.63, 3.8) is 0 Å². The van der Waals surface area contributed by atoms with Gasteiger partial charge in [-0.3, -0.25) is 0 Å². The Hall–Kier alpha value is -2.97. The number of hydroxylamine groups is 3. The Kier molecular flexibility index (Phi) is 19.8. The molecule has 3 aliphatic rings. The summed E-state index contributed by atoms with van der Waals surface area (Å²) in [6, 6.07) is 0.350. The Labute approximate surface area is 291 Å². The van der Waals surface area contributed by atoms with Crippen LogP contribution in [0.1, 0.15) is 193 Å². The number of hydrogen-bond acceptors (Lipinski definition) is 9. The van der Waals surface area contributed by atoms with E-state index in [0.717, 1.165) is 74.9 Å². The third kappa shape index (κ3) is 17.4. The quantitative estimate of drug-likeness (QED) is 0.222. The molecule has 9 heteroatoms. The second-order valence-electron chi connectivity index (χ2n) is 14.1. The first-order chi connectivity index (χ1) is 23.8. The van der Waals surface area contributed by atoms with Crippen molar-refractivity contribution in [1.29, 1.82) is 0 Å². The van der Waals surface area contributed by atoms with Crippen molar-refractivity contribution in [3.05, 3.63) is 35.3 Å². The van der Waals surface area contributed by atoms with Crippen LogP contribution in [0.25, 0.3) is 0 Å². The summed E-state index contributed by atoms with van der Waals surface area (Å²) < 4.78 is 0. The molecule has 0 unspecified atom stereocenters. The van der Waals surface area contributed by atoms with Crippen LogP contribution in [0, 0.1) is 0 Å². The van der Waals surface area contributed by atoms with Crippen molar-refractivity contribution < 1.29 is 14.5 Å². The van der Waals surface area contributed by atoms with E-state index in [0.29, 0.717) is 0 Å². The molecule has 270 valence electrons. The molecule has 3 aliphatic carbocycles. The molecule has 0 saturated heterocycles. The van der Waals surface area contributed by atoms with Crippen molar-refractivity contribution in [2.75, 3.05) is 0 Å². The Morgan fingerprint density at radius 1 is 0.312 bits per heavy atom. The van der Waals surface area contributed by atoms with Crippen molar-refractivity contribution in [1.82, 2.24) is 31.4 Å². The van der Waals surface area contributed by atoms with Crippen LogP contribution < -0.4 is 31.0 Å². The molecule has 0 radical (unpaired) electrons. The van der Waals surface area contributed by atoms with Gasteiger partial charge in [0.1, 0.15) is 0 Å². The first kappa shape index (κ1) is 37.8. The molecule has 0 saturated carbocycles. The summed E-state index contributed by atoms with van der Waals surface area (Å²) in [4.78, 5) is 31.5. The van der Waals surface area contributed by atoms with Gasteiger partial charge in [0.2, 0.25) is 0 Å². The van der Waals surface area contributed by atoms with E-state index in [9.17, 15) is 0 Å². The Morgan fingerprint density at radius 2 is 0.542 bits per heavy atom. The predicted octanol–water partition coefficient (Wildman–Crippen LogP) is 10.9. The van der Waals surface area contributed by atoms with E-state index in [1.165, 1.54) is 135 Å². The van der Waals surface area contributed by atoms with Gasteiger partial charge in [-0.1, -0.05) is 134 Å². The van der Waals surface area contributed by atoms with Crippen LogP contribution in [-0.2, 0) is 0 Å². The normalized spacial score (nSPS) is 20.9. The highest BCUT2D eigenvalue weighted by molar-refractivity contribution is 5.11. The molecule has 0 amide bonds. The zero-order valence-corrected chi connectivity index (χ0v) is 30.0. The maximum Gasteiger partial charge on any atom is 0.352 e. The van der Waals surface area contributed by atoms with Crippen LogP contribution in [0.4, 0.5) is 0 Å². The van der Waals surface area contributed by atoms with Crippen molar-refractivity contribution >= 4 is 0 Å². The summed E-state index contributed by atoms with van der Waals surface area (Å²) in [7, 11) is 0. The zero-order valence-electron chi connectivity index (χ0n) is 30.0. The zero-order chi connectivity index (χ0) is 33.2. The average molecular weight is 667 g/mol. The van der Waals surface area contributed by atoms with Gasteiger partial charge in [0.15, 0.2) is 0 Å². The van der Waals surface area contributed by atoms with Gasteiger partial charge in [0.25, 0.3) is 0 Å².